The summed E-state index contributed by atoms with van der Waals surface area (Å²) in [4.78, 5) is 229. The van der Waals surface area contributed by atoms with Crippen molar-refractivity contribution in [2.45, 2.75) is 184 Å². The smallest absolute Gasteiger partial charge is 0.490 e. The Labute approximate surface area is 614 Å². The number of amides is 14. The Morgan fingerprint density at radius 1 is 0.600 bits per heavy atom. The third-order valence-electron chi connectivity index (χ3n) is 15.6. The number of rotatable bonds is 16. The van der Waals surface area contributed by atoms with Gasteiger partial charge in [-0.2, -0.15) is 13.2 Å². The van der Waals surface area contributed by atoms with Gasteiger partial charge in [0.05, 0.1) is 31.3 Å². The van der Waals surface area contributed by atoms with E-state index in [1.54, 1.807) is 6.92 Å². The predicted molar refractivity (Wildman–Crippen MR) is 370 cm³/mol. The molecule has 5 rings (SSSR count). The fourth-order valence-corrected chi connectivity index (χ4v) is 14.0. The lowest BCUT2D eigenvalue weighted by Crippen LogP contribution is -2.62. The SMILES string of the molecule is CC[C@H](C)C1NC(=O)[C@H](CCC(=O)O)NC(=O)[C@@H](NC(=O)[C@@H](NC(=O)CNC(=O)[C@@H]2CCCN2)[C@@H](C)O)CSSC[C@@H]2NC(=O)[C@H](C)NC(=O)[C@H](C)NC(=O)[C@H](Cc3ccc(O)cc3)NC(=O)[C@H](C)NC(=O)[C@H](CSSC[C@@H](C(=O)O)NC(=O)CNC(=O)[C@H]([C@@H](C)O)NC2=O)NC1=O.O=C(O)C(F)(F)F. The Bertz CT molecular complexity index is 3290. The molecule has 105 heavy (non-hydrogen) atoms. The topological polar surface area (TPSA) is 592 Å². The number of hydrogen-bond acceptors (Lipinski definition) is 25. The first-order valence-corrected chi connectivity index (χ1v) is 37.4. The third kappa shape index (κ3) is 31.7. The van der Waals surface area contributed by atoms with E-state index in [-0.39, 0.29) is 18.6 Å². The maximum absolute atomic E-state index is 14.7. The lowest BCUT2D eigenvalue weighted by molar-refractivity contribution is -0.192. The number of halogens is 3. The van der Waals surface area contributed by atoms with Crippen LogP contribution in [-0.2, 0) is 87.9 Å². The third-order valence-corrected chi connectivity index (χ3v) is 20.4. The van der Waals surface area contributed by atoms with Crippen molar-refractivity contribution in [1.82, 2.24) is 79.8 Å². The van der Waals surface area contributed by atoms with E-state index in [1.807, 2.05) is 0 Å². The van der Waals surface area contributed by atoms with Gasteiger partial charge in [-0.25, -0.2) is 9.59 Å². The fourth-order valence-electron chi connectivity index (χ4n) is 9.32. The molecule has 1 unspecified atom stereocenters. The van der Waals surface area contributed by atoms with Gasteiger partial charge in [0.2, 0.25) is 82.7 Å². The van der Waals surface area contributed by atoms with E-state index in [0.29, 0.717) is 46.5 Å². The first kappa shape index (κ1) is 90.3. The molecule has 586 valence electrons. The number of benzene rings is 1. The highest BCUT2D eigenvalue weighted by molar-refractivity contribution is 8.77. The van der Waals surface area contributed by atoms with Crippen LogP contribution in [-0.4, -0.2) is 271 Å². The number of fused-ring (bicyclic) bond motifs is 37. The molecule has 1 aromatic carbocycles. The predicted octanol–water partition coefficient (Wildman–Crippen LogP) is -6.02. The molecule has 0 radical (unpaired) electrons. The Balaban J connectivity index is 0.00000388. The molecule has 21 N–H and O–H groups in total. The van der Waals surface area contributed by atoms with Crippen LogP contribution in [0.15, 0.2) is 24.3 Å². The van der Waals surface area contributed by atoms with Crippen molar-refractivity contribution in [3.8, 4) is 5.75 Å². The van der Waals surface area contributed by atoms with Gasteiger partial charge < -0.3 is 110 Å². The van der Waals surface area contributed by atoms with E-state index in [9.17, 15) is 115 Å². The second kappa shape index (κ2) is 44.1. The number of phenolic OH excluding ortho intramolecular Hbond substituents is 1. The molecule has 4 aliphatic rings. The van der Waals surface area contributed by atoms with Gasteiger partial charge in [-0.1, -0.05) is 75.6 Å². The summed E-state index contributed by atoms with van der Waals surface area (Å²) in [5.74, 6) is -23.5. The zero-order chi connectivity index (χ0) is 79.2. The molecule has 38 nitrogen and oxygen atoms in total. The van der Waals surface area contributed by atoms with Crippen molar-refractivity contribution in [1.29, 1.82) is 0 Å². The number of aliphatic hydroxyl groups is 2. The summed E-state index contributed by atoms with van der Waals surface area (Å²) in [6.07, 6.45) is -8.96. The minimum atomic E-state index is -5.08. The van der Waals surface area contributed by atoms with Gasteiger partial charge in [0.25, 0.3) is 0 Å². The van der Waals surface area contributed by atoms with Crippen molar-refractivity contribution < 1.29 is 125 Å². The zero-order valence-corrected chi connectivity index (χ0v) is 60.9. The molecule has 4 saturated heterocycles. The van der Waals surface area contributed by atoms with Crippen LogP contribution in [0.5, 0.6) is 5.75 Å². The number of aromatic hydroxyl groups is 1. The maximum Gasteiger partial charge on any atom is 0.490 e. The average molecular weight is 1570 g/mol. The number of carbonyl (C=O) groups is 17. The van der Waals surface area contributed by atoms with Gasteiger partial charge in [-0.3, -0.25) is 71.9 Å². The summed E-state index contributed by atoms with van der Waals surface area (Å²) >= 11 is 0. The van der Waals surface area contributed by atoms with Gasteiger partial charge in [-0.15, -0.1) is 0 Å². The number of carbonyl (C=O) groups excluding carboxylic acids is 14. The quantitative estimate of drug-likeness (QED) is 0.0541. The van der Waals surface area contributed by atoms with E-state index in [2.05, 4.69) is 79.8 Å². The van der Waals surface area contributed by atoms with Gasteiger partial charge in [0, 0.05) is 35.9 Å². The van der Waals surface area contributed by atoms with E-state index in [1.165, 1.54) is 52.0 Å². The summed E-state index contributed by atoms with van der Waals surface area (Å²) in [5, 5.41) is 95.2. The number of carboxylic acids is 3. The molecule has 4 aliphatic heterocycles. The normalized spacial score (nSPS) is 26.5. The summed E-state index contributed by atoms with van der Waals surface area (Å²) in [5.41, 5.74) is 0.383. The van der Waals surface area contributed by atoms with Crippen LogP contribution in [0.4, 0.5) is 13.2 Å². The lowest BCUT2D eigenvalue weighted by Gasteiger charge is -2.29. The fraction of sp³-hybridized carbons (Fsp3) is 0.617. The van der Waals surface area contributed by atoms with Crippen LogP contribution in [0.1, 0.15) is 86.1 Å². The van der Waals surface area contributed by atoms with Crippen molar-refractivity contribution in [2.75, 3.05) is 42.6 Å². The van der Waals surface area contributed by atoms with Gasteiger partial charge in [0.1, 0.15) is 78.3 Å². The van der Waals surface area contributed by atoms with Crippen molar-refractivity contribution in [3.63, 3.8) is 0 Å². The highest BCUT2D eigenvalue weighted by atomic mass is 33.1. The lowest BCUT2D eigenvalue weighted by atomic mass is 9.97. The second-order valence-corrected chi connectivity index (χ2v) is 29.3. The number of nitrogens with one attached hydrogen (secondary N) is 15. The van der Waals surface area contributed by atoms with E-state index in [4.69, 9.17) is 9.90 Å². The highest BCUT2D eigenvalue weighted by Crippen LogP contribution is 2.26. The first-order chi connectivity index (χ1) is 49.1. The van der Waals surface area contributed by atoms with Crippen LogP contribution < -0.4 is 79.8 Å². The molecule has 14 amide bonds. The Kier molecular flexibility index (Phi) is 38.0. The first-order valence-electron chi connectivity index (χ1n) is 32.4. The Morgan fingerprint density at radius 2 is 1.10 bits per heavy atom. The summed E-state index contributed by atoms with van der Waals surface area (Å²) in [6.45, 7) is 7.91. The average Bonchev–Trinajstić information content (AvgIpc) is 1.25. The van der Waals surface area contributed by atoms with Crippen molar-refractivity contribution >= 4 is 144 Å². The molecule has 2 bridgehead atoms. The van der Waals surface area contributed by atoms with Crippen molar-refractivity contribution in [3.05, 3.63) is 29.8 Å². The zero-order valence-electron chi connectivity index (χ0n) is 57.6. The second-order valence-electron chi connectivity index (χ2n) is 24.2. The van der Waals surface area contributed by atoms with Gasteiger partial charge in [-0.05, 0) is 84.0 Å². The molecule has 4 heterocycles. The largest absolute Gasteiger partial charge is 0.508 e. The number of carboxylic acid groups (broad SMARTS) is 3. The summed E-state index contributed by atoms with van der Waals surface area (Å²) in [6, 6.07) is -15.5. The van der Waals surface area contributed by atoms with Crippen LogP contribution in [0.3, 0.4) is 0 Å². The van der Waals surface area contributed by atoms with Crippen LogP contribution in [0, 0.1) is 5.92 Å². The highest BCUT2D eigenvalue weighted by Gasteiger charge is 2.40. The molecule has 0 aromatic heterocycles. The van der Waals surface area contributed by atoms with Crippen LogP contribution in [0.25, 0.3) is 0 Å². The van der Waals surface area contributed by atoms with Gasteiger partial charge in [0.15, 0.2) is 0 Å². The molecule has 1 aromatic rings. The minimum Gasteiger partial charge on any atom is -0.508 e. The number of phenols is 1. The Morgan fingerprint density at radius 3 is 1.64 bits per heavy atom. The molecule has 4 fully saturated rings. The van der Waals surface area contributed by atoms with E-state index < -0.39 is 252 Å². The molecular formula is C60H88F3N15O23S4. The maximum atomic E-state index is 14.7. The van der Waals surface area contributed by atoms with E-state index in [0.717, 1.165) is 35.4 Å². The number of aliphatic carboxylic acids is 3. The molecule has 16 atom stereocenters. The van der Waals surface area contributed by atoms with E-state index >= 15 is 0 Å². The number of hydrogen-bond donors (Lipinski definition) is 21. The standard InChI is InChI=1S/C58H87N15O21S4.C2HF3O2/c1-8-25(2)43-56(91)69-36-21-97-98-24-39(58(93)94)65-40(77)19-61-55(90)44(29(6)74)73-54(89)38(68-48(83)27(4)62-46(81)26(3)63-51(86)35(18-31-11-13-32(76)14-12-31)67-47(82)28(5)64-52(36)87)23-96-95-22-37(53(88)66-34(50(85)72-43)15-16-42(79)80)70-57(92)45(30(7)75)71-41(78)20-60-49(84)33-10-9-17-59-33;3-2(4,5)1(6)7/h11-14,25-30,33-39,43-45,59,74-76H,8-10,15-24H2,1-7H3,(H,60,84)(H,61,90)(H,62,81)(H,63,86)(H,64,87)(H,65,77)(H,66,88)(H,67,82)(H,68,83)(H,69,91)(H,70,92)(H,71,78)(H,72,85)(H,73,89)(H,79,80)(H,93,94);(H,6,7)/t25-,26-,27-,28-,29+,30+,33-,34-,35-,36-,37-,38-,39-,43?,44-,45-;/m0./s1. The molecule has 0 spiro atoms. The molecular weight excluding hydrogens is 1480 g/mol. The van der Waals surface area contributed by atoms with Gasteiger partial charge >= 0.3 is 24.1 Å². The summed E-state index contributed by atoms with van der Waals surface area (Å²) < 4.78 is 31.7. The Hall–Kier alpha value is -8.92. The molecule has 0 saturated carbocycles. The van der Waals surface area contributed by atoms with Crippen LogP contribution in [0.2, 0.25) is 0 Å². The van der Waals surface area contributed by atoms with Crippen molar-refractivity contribution in [2.24, 2.45) is 5.92 Å². The monoisotopic (exact) mass is 1570 g/mol. The minimum absolute atomic E-state index is 0.137. The number of aliphatic hydroxyl groups excluding tert-OH is 2. The number of alkyl halides is 3. The van der Waals surface area contributed by atoms with Crippen LogP contribution >= 0.6 is 43.2 Å². The summed E-state index contributed by atoms with van der Waals surface area (Å²) in [7, 11) is 2.96. The molecule has 0 aliphatic carbocycles. The molecule has 45 heteroatoms.